The Bertz CT molecular complexity index is 343. The van der Waals surface area contributed by atoms with Crippen LogP contribution < -0.4 is 10.1 Å². The summed E-state index contributed by atoms with van der Waals surface area (Å²) in [6, 6.07) is 5.68. The van der Waals surface area contributed by atoms with Crippen molar-refractivity contribution >= 4 is 39.9 Å². The van der Waals surface area contributed by atoms with Gasteiger partial charge in [0.05, 0.1) is 5.02 Å². The lowest BCUT2D eigenvalue weighted by atomic mass is 10.1. The molecule has 0 unspecified atom stereocenters. The zero-order valence-corrected chi connectivity index (χ0v) is 11.9. The summed E-state index contributed by atoms with van der Waals surface area (Å²) < 4.78 is 6.86. The predicted molar refractivity (Wildman–Crippen MR) is 72.9 cm³/mol. The lowest BCUT2D eigenvalue weighted by Gasteiger charge is -2.24. The van der Waals surface area contributed by atoms with Gasteiger partial charge in [0.15, 0.2) is 0 Å². The van der Waals surface area contributed by atoms with E-state index in [9.17, 15) is 0 Å². The van der Waals surface area contributed by atoms with Gasteiger partial charge in [-0.15, -0.1) is 12.4 Å². The second-order valence-corrected chi connectivity index (χ2v) is 4.96. The van der Waals surface area contributed by atoms with Crippen LogP contribution in [0.15, 0.2) is 22.7 Å². The van der Waals surface area contributed by atoms with Gasteiger partial charge in [0.25, 0.3) is 0 Å². The van der Waals surface area contributed by atoms with Gasteiger partial charge in [0.1, 0.15) is 11.9 Å². The average molecular weight is 327 g/mol. The molecule has 0 bridgehead atoms. The van der Waals surface area contributed by atoms with Crippen molar-refractivity contribution in [2.45, 2.75) is 18.9 Å². The highest BCUT2D eigenvalue weighted by molar-refractivity contribution is 9.10. The van der Waals surface area contributed by atoms with Gasteiger partial charge in [-0.3, -0.25) is 0 Å². The lowest BCUT2D eigenvalue weighted by Crippen LogP contribution is -2.34. The van der Waals surface area contributed by atoms with Crippen molar-refractivity contribution in [3.8, 4) is 5.75 Å². The molecule has 1 N–H and O–H groups in total. The molecule has 16 heavy (non-hydrogen) atoms. The molecular formula is C11H14BrCl2NO. The van der Waals surface area contributed by atoms with Gasteiger partial charge in [0, 0.05) is 4.47 Å². The highest BCUT2D eigenvalue weighted by atomic mass is 79.9. The number of hydrogen-bond donors (Lipinski definition) is 1. The van der Waals surface area contributed by atoms with Crippen molar-refractivity contribution in [3.63, 3.8) is 0 Å². The van der Waals surface area contributed by atoms with E-state index in [1.807, 2.05) is 18.2 Å². The Hall–Kier alpha value is 0.0400. The molecule has 0 spiro atoms. The number of benzene rings is 1. The summed E-state index contributed by atoms with van der Waals surface area (Å²) in [6.45, 7) is 2.05. The van der Waals surface area contributed by atoms with Crippen LogP contribution in [0.1, 0.15) is 12.8 Å². The first-order chi connectivity index (χ1) is 7.25. The maximum absolute atomic E-state index is 6.05. The number of ether oxygens (including phenoxy) is 1. The molecule has 0 atom stereocenters. The van der Waals surface area contributed by atoms with Gasteiger partial charge in [-0.2, -0.15) is 0 Å². The van der Waals surface area contributed by atoms with E-state index in [-0.39, 0.29) is 18.5 Å². The van der Waals surface area contributed by atoms with Crippen LogP contribution in [-0.4, -0.2) is 19.2 Å². The van der Waals surface area contributed by atoms with Crippen LogP contribution in [0.4, 0.5) is 0 Å². The monoisotopic (exact) mass is 325 g/mol. The number of halogens is 3. The zero-order chi connectivity index (χ0) is 10.7. The van der Waals surface area contributed by atoms with Crippen LogP contribution in [0.2, 0.25) is 5.02 Å². The van der Waals surface area contributed by atoms with E-state index in [0.717, 1.165) is 36.2 Å². The highest BCUT2D eigenvalue weighted by Gasteiger charge is 2.15. The molecule has 1 saturated heterocycles. The summed E-state index contributed by atoms with van der Waals surface area (Å²) in [5, 5.41) is 3.98. The number of piperidine rings is 1. The van der Waals surface area contributed by atoms with Crippen molar-refractivity contribution < 1.29 is 4.74 Å². The van der Waals surface area contributed by atoms with Crippen molar-refractivity contribution in [1.82, 2.24) is 5.32 Å². The van der Waals surface area contributed by atoms with E-state index >= 15 is 0 Å². The Labute approximate surface area is 115 Å². The van der Waals surface area contributed by atoms with Crippen LogP contribution in [0.3, 0.4) is 0 Å². The first kappa shape index (κ1) is 14.1. The Morgan fingerprint density at radius 1 is 1.31 bits per heavy atom. The van der Waals surface area contributed by atoms with Gasteiger partial charge >= 0.3 is 0 Å². The molecule has 2 nitrogen and oxygen atoms in total. The van der Waals surface area contributed by atoms with E-state index in [4.69, 9.17) is 16.3 Å². The standard InChI is InChI=1S/C11H13BrClNO.ClH/c12-8-1-2-10(13)11(7-8)15-9-3-5-14-6-4-9;/h1-2,7,9,14H,3-6H2;1H. The number of hydrogen-bond acceptors (Lipinski definition) is 2. The van der Waals surface area contributed by atoms with E-state index in [1.54, 1.807) is 0 Å². The maximum atomic E-state index is 6.05. The van der Waals surface area contributed by atoms with Crippen molar-refractivity contribution in [2.75, 3.05) is 13.1 Å². The summed E-state index contributed by atoms with van der Waals surface area (Å²) in [4.78, 5) is 0. The summed E-state index contributed by atoms with van der Waals surface area (Å²) in [6.07, 6.45) is 2.38. The summed E-state index contributed by atoms with van der Waals surface area (Å²) in [7, 11) is 0. The molecule has 90 valence electrons. The third kappa shape index (κ3) is 3.81. The van der Waals surface area contributed by atoms with E-state index in [1.165, 1.54) is 0 Å². The smallest absolute Gasteiger partial charge is 0.139 e. The minimum atomic E-state index is 0. The van der Waals surface area contributed by atoms with Crippen molar-refractivity contribution in [3.05, 3.63) is 27.7 Å². The van der Waals surface area contributed by atoms with Gasteiger partial charge in [-0.25, -0.2) is 0 Å². The fourth-order valence-corrected chi connectivity index (χ4v) is 2.16. The average Bonchev–Trinajstić information content (AvgIpc) is 2.25. The van der Waals surface area contributed by atoms with Gasteiger partial charge in [0.2, 0.25) is 0 Å². The molecular weight excluding hydrogens is 313 g/mol. The second-order valence-electron chi connectivity index (χ2n) is 3.64. The molecule has 0 aliphatic carbocycles. The Kier molecular flexibility index (Phi) is 5.90. The zero-order valence-electron chi connectivity index (χ0n) is 8.71. The van der Waals surface area contributed by atoms with E-state index in [0.29, 0.717) is 5.02 Å². The summed E-state index contributed by atoms with van der Waals surface area (Å²) >= 11 is 9.46. The molecule has 1 heterocycles. The van der Waals surface area contributed by atoms with E-state index in [2.05, 4.69) is 21.2 Å². The fourth-order valence-electron chi connectivity index (χ4n) is 1.66. The van der Waals surface area contributed by atoms with Crippen LogP contribution in [0.5, 0.6) is 5.75 Å². The summed E-state index contributed by atoms with van der Waals surface area (Å²) in [5.41, 5.74) is 0. The quantitative estimate of drug-likeness (QED) is 0.895. The Balaban J connectivity index is 0.00000128. The Morgan fingerprint density at radius 2 is 2.00 bits per heavy atom. The SMILES string of the molecule is Cl.Clc1ccc(Br)cc1OC1CCNCC1. The van der Waals surface area contributed by atoms with Crippen molar-refractivity contribution in [2.24, 2.45) is 0 Å². The summed E-state index contributed by atoms with van der Waals surface area (Å²) in [5.74, 6) is 0.776. The molecule has 1 aliphatic heterocycles. The first-order valence-electron chi connectivity index (χ1n) is 5.08. The molecule has 0 radical (unpaired) electrons. The van der Waals surface area contributed by atoms with Crippen LogP contribution >= 0.6 is 39.9 Å². The minimum Gasteiger partial charge on any atom is -0.489 e. The van der Waals surface area contributed by atoms with Crippen LogP contribution in [-0.2, 0) is 0 Å². The topological polar surface area (TPSA) is 21.3 Å². The predicted octanol–water partition coefficient (Wildman–Crippen LogP) is 3.66. The molecule has 5 heteroatoms. The van der Waals surface area contributed by atoms with Crippen molar-refractivity contribution in [1.29, 1.82) is 0 Å². The number of nitrogens with one attached hydrogen (secondary N) is 1. The van der Waals surface area contributed by atoms with Gasteiger partial charge < -0.3 is 10.1 Å². The fraction of sp³-hybridized carbons (Fsp3) is 0.455. The third-order valence-corrected chi connectivity index (χ3v) is 3.28. The molecule has 2 rings (SSSR count). The van der Waals surface area contributed by atoms with Crippen LogP contribution in [0, 0.1) is 0 Å². The third-order valence-electron chi connectivity index (χ3n) is 2.47. The molecule has 0 amide bonds. The molecule has 1 aromatic rings. The normalized spacial score (nSPS) is 16.6. The molecule has 0 saturated carbocycles. The second kappa shape index (κ2) is 6.70. The molecule has 1 aromatic carbocycles. The van der Waals surface area contributed by atoms with E-state index < -0.39 is 0 Å². The minimum absolute atomic E-state index is 0. The highest BCUT2D eigenvalue weighted by Crippen LogP contribution is 2.29. The lowest BCUT2D eigenvalue weighted by molar-refractivity contribution is 0.162. The molecule has 1 aliphatic rings. The first-order valence-corrected chi connectivity index (χ1v) is 6.25. The van der Waals surface area contributed by atoms with Gasteiger partial charge in [-0.1, -0.05) is 27.5 Å². The largest absolute Gasteiger partial charge is 0.489 e. The molecule has 0 aromatic heterocycles. The van der Waals surface area contributed by atoms with Gasteiger partial charge in [-0.05, 0) is 44.1 Å². The maximum Gasteiger partial charge on any atom is 0.139 e. The number of rotatable bonds is 2. The molecule has 1 fully saturated rings. The Morgan fingerprint density at radius 3 is 2.69 bits per heavy atom. The van der Waals surface area contributed by atoms with Crippen LogP contribution in [0.25, 0.3) is 0 Å².